The largest absolute Gasteiger partial charge is 0.459 e. The maximum absolute atomic E-state index is 12.4. The Bertz CT molecular complexity index is 682. The molecular weight excluding hydrogens is 399 g/mol. The molecule has 10 heteroatoms. The molecule has 1 amide bonds. The van der Waals surface area contributed by atoms with Crippen LogP contribution >= 0.6 is 0 Å². The highest BCUT2D eigenvalue weighted by molar-refractivity contribution is 5.92. The number of alkyl halides is 3. The second kappa shape index (κ2) is 11.8. The molecule has 1 fully saturated rings. The van der Waals surface area contributed by atoms with Gasteiger partial charge >= 0.3 is 6.18 Å². The third kappa shape index (κ3) is 8.64. The number of rotatable bonds is 9. The van der Waals surface area contributed by atoms with E-state index in [1.54, 1.807) is 13.1 Å². The topological polar surface area (TPSA) is 81.9 Å². The molecule has 1 aliphatic rings. The minimum atomic E-state index is -4.12. The Morgan fingerprint density at radius 3 is 2.47 bits per heavy atom. The second-order valence-corrected chi connectivity index (χ2v) is 7.59. The van der Waals surface area contributed by atoms with Crippen LogP contribution in [0.1, 0.15) is 41.8 Å². The number of hydrogen-bond acceptors (Lipinski definition) is 4. The molecule has 170 valence electrons. The van der Waals surface area contributed by atoms with Gasteiger partial charge in [0.1, 0.15) is 0 Å². The highest BCUT2D eigenvalue weighted by Crippen LogP contribution is 2.23. The number of furan rings is 1. The maximum atomic E-state index is 12.4. The number of aliphatic imine (C=N–C) groups is 1. The van der Waals surface area contributed by atoms with Crippen molar-refractivity contribution in [1.82, 2.24) is 20.9 Å². The van der Waals surface area contributed by atoms with Gasteiger partial charge in [-0.25, -0.2) is 0 Å². The molecule has 2 rings (SSSR count). The van der Waals surface area contributed by atoms with Crippen molar-refractivity contribution < 1.29 is 22.4 Å². The van der Waals surface area contributed by atoms with Crippen LogP contribution in [-0.4, -0.2) is 69.3 Å². The highest BCUT2D eigenvalue weighted by Gasteiger charge is 2.32. The van der Waals surface area contributed by atoms with Crippen molar-refractivity contribution in [2.24, 2.45) is 10.9 Å². The average Bonchev–Trinajstić information content (AvgIpc) is 3.12. The number of hydrogen-bond donors (Lipinski definition) is 3. The van der Waals surface area contributed by atoms with Gasteiger partial charge in [-0.15, -0.1) is 0 Å². The van der Waals surface area contributed by atoms with Crippen LogP contribution < -0.4 is 16.0 Å². The van der Waals surface area contributed by atoms with E-state index in [0.29, 0.717) is 43.8 Å². The third-order valence-electron chi connectivity index (χ3n) is 5.18. The van der Waals surface area contributed by atoms with E-state index in [1.807, 2.05) is 6.92 Å². The van der Waals surface area contributed by atoms with E-state index in [4.69, 9.17) is 4.42 Å². The predicted molar refractivity (Wildman–Crippen MR) is 110 cm³/mol. The number of carbonyl (C=O) groups excluding carboxylic acids is 1. The van der Waals surface area contributed by atoms with Gasteiger partial charge in [-0.1, -0.05) is 0 Å². The van der Waals surface area contributed by atoms with E-state index in [9.17, 15) is 18.0 Å². The van der Waals surface area contributed by atoms with Crippen molar-refractivity contribution >= 4 is 11.9 Å². The number of nitrogens with one attached hydrogen (secondary N) is 3. The number of amides is 1. The van der Waals surface area contributed by atoms with E-state index in [-0.39, 0.29) is 5.91 Å². The van der Waals surface area contributed by atoms with Crippen molar-refractivity contribution in [2.45, 2.75) is 38.8 Å². The summed E-state index contributed by atoms with van der Waals surface area (Å²) in [5.74, 6) is 1.23. The number of piperidine rings is 1. The Hall–Kier alpha value is -2.23. The first kappa shape index (κ1) is 24.0. The zero-order valence-electron chi connectivity index (χ0n) is 17.6. The van der Waals surface area contributed by atoms with E-state index in [1.165, 1.54) is 11.2 Å². The lowest BCUT2D eigenvalue weighted by Gasteiger charge is -2.32. The molecule has 0 saturated carbocycles. The zero-order valence-corrected chi connectivity index (χ0v) is 17.6. The SMILES string of the molecule is CN=C(NCCCNC(=O)c1occc1C)NCCC1CCN(CC(F)(F)F)CC1. The molecule has 0 atom stereocenters. The molecule has 1 saturated heterocycles. The summed E-state index contributed by atoms with van der Waals surface area (Å²) in [5, 5.41) is 9.24. The standard InChI is InChI=1S/C20H32F3N5O2/c1-15-7-13-30-17(15)18(29)25-8-3-9-26-19(24-2)27-10-4-16-5-11-28(12-6-16)14-20(21,22)23/h7,13,16H,3-6,8-12,14H2,1-2H3,(H,25,29)(H2,24,26,27). The molecule has 0 aromatic carbocycles. The summed E-state index contributed by atoms with van der Waals surface area (Å²) in [5.41, 5.74) is 0.807. The molecular formula is C20H32F3N5O2. The van der Waals surface area contributed by atoms with Gasteiger partial charge in [0.05, 0.1) is 12.8 Å². The molecule has 0 radical (unpaired) electrons. The fourth-order valence-electron chi connectivity index (χ4n) is 3.48. The third-order valence-corrected chi connectivity index (χ3v) is 5.18. The average molecular weight is 432 g/mol. The van der Waals surface area contributed by atoms with Crippen LogP contribution in [0.15, 0.2) is 21.7 Å². The van der Waals surface area contributed by atoms with Crippen LogP contribution in [0.5, 0.6) is 0 Å². The quantitative estimate of drug-likeness (QED) is 0.318. The molecule has 30 heavy (non-hydrogen) atoms. The first-order valence-electron chi connectivity index (χ1n) is 10.3. The second-order valence-electron chi connectivity index (χ2n) is 7.59. The fourth-order valence-corrected chi connectivity index (χ4v) is 3.48. The van der Waals surface area contributed by atoms with Crippen molar-refractivity contribution in [1.29, 1.82) is 0 Å². The van der Waals surface area contributed by atoms with Crippen LogP contribution in [0.3, 0.4) is 0 Å². The molecule has 2 heterocycles. The minimum absolute atomic E-state index is 0.221. The van der Waals surface area contributed by atoms with E-state index >= 15 is 0 Å². The Balaban J connectivity index is 1.53. The summed E-state index contributed by atoms with van der Waals surface area (Å²) < 4.78 is 42.5. The van der Waals surface area contributed by atoms with Gasteiger partial charge in [0.15, 0.2) is 11.7 Å². The van der Waals surface area contributed by atoms with Gasteiger partial charge in [-0.05, 0) is 57.7 Å². The van der Waals surface area contributed by atoms with Crippen LogP contribution in [0.4, 0.5) is 13.2 Å². The first-order valence-corrected chi connectivity index (χ1v) is 10.3. The maximum Gasteiger partial charge on any atom is 0.401 e. The zero-order chi connectivity index (χ0) is 22.0. The highest BCUT2D eigenvalue weighted by atomic mass is 19.4. The smallest absolute Gasteiger partial charge is 0.401 e. The Morgan fingerprint density at radius 2 is 1.87 bits per heavy atom. The van der Waals surface area contributed by atoms with Gasteiger partial charge in [-0.3, -0.25) is 14.7 Å². The lowest BCUT2D eigenvalue weighted by molar-refractivity contribution is -0.148. The monoisotopic (exact) mass is 431 g/mol. The van der Waals surface area contributed by atoms with Gasteiger partial charge < -0.3 is 20.4 Å². The van der Waals surface area contributed by atoms with Crippen molar-refractivity contribution in [3.63, 3.8) is 0 Å². The predicted octanol–water partition coefficient (Wildman–Crippen LogP) is 2.54. The van der Waals surface area contributed by atoms with Crippen LogP contribution in [-0.2, 0) is 0 Å². The Kier molecular flexibility index (Phi) is 9.48. The van der Waals surface area contributed by atoms with Gasteiger partial charge in [0.2, 0.25) is 0 Å². The number of guanidine groups is 1. The van der Waals surface area contributed by atoms with Gasteiger partial charge in [0, 0.05) is 32.2 Å². The number of halogens is 3. The summed E-state index contributed by atoms with van der Waals surface area (Å²) >= 11 is 0. The Morgan fingerprint density at radius 1 is 1.20 bits per heavy atom. The lowest BCUT2D eigenvalue weighted by Crippen LogP contribution is -2.42. The van der Waals surface area contributed by atoms with Crippen molar-refractivity contribution in [3.8, 4) is 0 Å². The number of likely N-dealkylation sites (tertiary alicyclic amines) is 1. The molecule has 0 spiro atoms. The number of nitrogens with zero attached hydrogens (tertiary/aromatic N) is 2. The van der Waals surface area contributed by atoms with E-state index in [0.717, 1.165) is 37.8 Å². The molecule has 1 aromatic heterocycles. The summed E-state index contributed by atoms with van der Waals surface area (Å²) in [6.45, 7) is 3.89. The van der Waals surface area contributed by atoms with Crippen molar-refractivity contribution in [3.05, 3.63) is 23.7 Å². The van der Waals surface area contributed by atoms with Crippen LogP contribution in [0.25, 0.3) is 0 Å². The lowest BCUT2D eigenvalue weighted by atomic mass is 9.93. The Labute approximate surface area is 175 Å². The van der Waals surface area contributed by atoms with E-state index in [2.05, 4.69) is 20.9 Å². The molecule has 3 N–H and O–H groups in total. The summed E-state index contributed by atoms with van der Waals surface area (Å²) in [6, 6.07) is 1.75. The first-order chi connectivity index (χ1) is 14.3. The van der Waals surface area contributed by atoms with Gasteiger partial charge in [-0.2, -0.15) is 13.2 Å². The number of carbonyl (C=O) groups is 1. The normalized spacial score (nSPS) is 16.5. The summed E-state index contributed by atoms with van der Waals surface area (Å²) in [4.78, 5) is 17.6. The molecule has 0 bridgehead atoms. The van der Waals surface area contributed by atoms with Crippen molar-refractivity contribution in [2.75, 3.05) is 46.3 Å². The molecule has 1 aliphatic heterocycles. The minimum Gasteiger partial charge on any atom is -0.459 e. The van der Waals surface area contributed by atoms with Crippen LogP contribution in [0.2, 0.25) is 0 Å². The molecule has 7 nitrogen and oxygen atoms in total. The van der Waals surface area contributed by atoms with Crippen LogP contribution in [0, 0.1) is 12.8 Å². The number of aryl methyl sites for hydroxylation is 1. The molecule has 0 aliphatic carbocycles. The van der Waals surface area contributed by atoms with E-state index < -0.39 is 12.7 Å². The fraction of sp³-hybridized carbons (Fsp3) is 0.700. The molecule has 0 unspecified atom stereocenters. The summed E-state index contributed by atoms with van der Waals surface area (Å²) in [7, 11) is 1.69. The summed E-state index contributed by atoms with van der Waals surface area (Å²) in [6.07, 6.45) is 0.584. The van der Waals surface area contributed by atoms with Gasteiger partial charge in [0.25, 0.3) is 5.91 Å². The molecule has 1 aromatic rings.